The Balaban J connectivity index is 2.54. The summed E-state index contributed by atoms with van der Waals surface area (Å²) >= 11 is 0. The van der Waals surface area contributed by atoms with Crippen LogP contribution in [0.1, 0.15) is 31.7 Å². The number of nitrogens with one attached hydrogen (secondary N) is 1. The molecule has 0 aliphatic rings. The molecule has 90 valence electrons. The van der Waals surface area contributed by atoms with Gasteiger partial charge >= 0.3 is 0 Å². The van der Waals surface area contributed by atoms with E-state index in [4.69, 9.17) is 0 Å². The SMILES string of the molecule is CCCCCNc1ccc(N(C)C)cc1C. The second-order valence-electron chi connectivity index (χ2n) is 4.53. The van der Waals surface area contributed by atoms with Gasteiger partial charge in [0.2, 0.25) is 0 Å². The summed E-state index contributed by atoms with van der Waals surface area (Å²) in [7, 11) is 4.15. The summed E-state index contributed by atoms with van der Waals surface area (Å²) in [4.78, 5) is 2.13. The number of nitrogens with zero attached hydrogens (tertiary/aromatic N) is 1. The smallest absolute Gasteiger partial charge is 0.0371 e. The summed E-state index contributed by atoms with van der Waals surface area (Å²) < 4.78 is 0. The molecule has 0 atom stereocenters. The molecule has 0 fully saturated rings. The van der Waals surface area contributed by atoms with Crippen LogP contribution in [0.2, 0.25) is 0 Å². The molecule has 0 aliphatic heterocycles. The lowest BCUT2D eigenvalue weighted by Gasteiger charge is -2.16. The minimum atomic E-state index is 1.08. The molecule has 0 spiro atoms. The third kappa shape index (κ3) is 3.76. The van der Waals surface area contributed by atoms with E-state index in [9.17, 15) is 0 Å². The van der Waals surface area contributed by atoms with E-state index in [2.05, 4.69) is 56.4 Å². The number of benzene rings is 1. The van der Waals surface area contributed by atoms with Crippen molar-refractivity contribution < 1.29 is 0 Å². The van der Waals surface area contributed by atoms with Gasteiger partial charge in [-0.25, -0.2) is 0 Å². The van der Waals surface area contributed by atoms with Crippen molar-refractivity contribution in [2.24, 2.45) is 0 Å². The molecule has 0 saturated carbocycles. The van der Waals surface area contributed by atoms with Crippen LogP contribution < -0.4 is 10.2 Å². The summed E-state index contributed by atoms with van der Waals surface area (Å²) in [6, 6.07) is 6.56. The lowest BCUT2D eigenvalue weighted by atomic mass is 10.1. The molecule has 0 saturated heterocycles. The third-order valence-electron chi connectivity index (χ3n) is 2.82. The van der Waals surface area contributed by atoms with Crippen LogP contribution >= 0.6 is 0 Å². The molecule has 1 aromatic rings. The van der Waals surface area contributed by atoms with Gasteiger partial charge < -0.3 is 10.2 Å². The molecule has 2 heteroatoms. The Morgan fingerprint density at radius 1 is 1.19 bits per heavy atom. The van der Waals surface area contributed by atoms with Crippen molar-refractivity contribution in [2.75, 3.05) is 30.9 Å². The maximum absolute atomic E-state index is 3.50. The highest BCUT2D eigenvalue weighted by atomic mass is 15.1. The second-order valence-corrected chi connectivity index (χ2v) is 4.53. The summed E-state index contributed by atoms with van der Waals surface area (Å²) in [5, 5.41) is 3.50. The third-order valence-corrected chi connectivity index (χ3v) is 2.82. The van der Waals surface area contributed by atoms with E-state index in [1.165, 1.54) is 36.2 Å². The van der Waals surface area contributed by atoms with Crippen LogP contribution in [0.5, 0.6) is 0 Å². The zero-order chi connectivity index (χ0) is 12.0. The van der Waals surface area contributed by atoms with Crippen molar-refractivity contribution in [3.8, 4) is 0 Å². The molecular formula is C14H24N2. The van der Waals surface area contributed by atoms with E-state index >= 15 is 0 Å². The van der Waals surface area contributed by atoms with Crippen LogP contribution in [0.15, 0.2) is 18.2 Å². The summed E-state index contributed by atoms with van der Waals surface area (Å²) in [6.07, 6.45) is 3.84. The van der Waals surface area contributed by atoms with Gasteiger partial charge in [-0.15, -0.1) is 0 Å². The first-order chi connectivity index (χ1) is 7.65. The Morgan fingerprint density at radius 3 is 2.50 bits per heavy atom. The van der Waals surface area contributed by atoms with E-state index in [0.717, 1.165) is 6.54 Å². The number of hydrogen-bond donors (Lipinski definition) is 1. The average molecular weight is 220 g/mol. The molecule has 0 unspecified atom stereocenters. The van der Waals surface area contributed by atoms with Crippen molar-refractivity contribution >= 4 is 11.4 Å². The Hall–Kier alpha value is -1.18. The van der Waals surface area contributed by atoms with E-state index in [-0.39, 0.29) is 0 Å². The van der Waals surface area contributed by atoms with Gasteiger partial charge in [-0.1, -0.05) is 19.8 Å². The molecule has 2 nitrogen and oxygen atoms in total. The lowest BCUT2D eigenvalue weighted by molar-refractivity contribution is 0.743. The fourth-order valence-corrected chi connectivity index (χ4v) is 1.72. The standard InChI is InChI=1S/C14H24N2/c1-5-6-7-10-15-14-9-8-13(16(3)4)11-12(14)2/h8-9,11,15H,5-7,10H2,1-4H3. The first-order valence-corrected chi connectivity index (χ1v) is 6.17. The molecule has 1 aromatic carbocycles. The lowest BCUT2D eigenvalue weighted by Crippen LogP contribution is -2.09. The van der Waals surface area contributed by atoms with E-state index in [1.54, 1.807) is 0 Å². The number of aryl methyl sites for hydroxylation is 1. The monoisotopic (exact) mass is 220 g/mol. The molecule has 0 bridgehead atoms. The zero-order valence-corrected chi connectivity index (χ0v) is 11.0. The molecule has 1 N–H and O–H groups in total. The maximum atomic E-state index is 3.50. The summed E-state index contributed by atoms with van der Waals surface area (Å²) in [5.74, 6) is 0. The van der Waals surface area contributed by atoms with E-state index in [1.807, 2.05) is 0 Å². The predicted octanol–water partition coefficient (Wildman–Crippen LogP) is 3.66. The van der Waals surface area contributed by atoms with Crippen molar-refractivity contribution in [1.82, 2.24) is 0 Å². The molecule has 0 amide bonds. The quantitative estimate of drug-likeness (QED) is 0.736. The molecule has 0 heterocycles. The van der Waals surface area contributed by atoms with Gasteiger partial charge in [0.1, 0.15) is 0 Å². The van der Waals surface area contributed by atoms with Crippen LogP contribution in [0, 0.1) is 6.92 Å². The highest BCUT2D eigenvalue weighted by molar-refractivity contribution is 5.59. The Labute approximate surface area is 99.7 Å². The second kappa shape index (κ2) is 6.41. The molecule has 16 heavy (non-hydrogen) atoms. The Bertz CT molecular complexity index is 319. The number of anilines is 2. The van der Waals surface area contributed by atoms with Crippen molar-refractivity contribution in [3.63, 3.8) is 0 Å². The van der Waals surface area contributed by atoms with Gasteiger partial charge in [0.25, 0.3) is 0 Å². The van der Waals surface area contributed by atoms with Gasteiger partial charge in [-0.2, -0.15) is 0 Å². The fourth-order valence-electron chi connectivity index (χ4n) is 1.72. The number of rotatable bonds is 6. The van der Waals surface area contributed by atoms with Gasteiger partial charge in [0, 0.05) is 32.0 Å². The van der Waals surface area contributed by atoms with Crippen LogP contribution in [0.3, 0.4) is 0 Å². The normalized spacial score (nSPS) is 10.2. The molecule has 0 radical (unpaired) electrons. The Kier molecular flexibility index (Phi) is 5.17. The molecule has 0 aliphatic carbocycles. The van der Waals surface area contributed by atoms with Gasteiger partial charge in [-0.05, 0) is 37.1 Å². The number of unbranched alkanes of at least 4 members (excludes halogenated alkanes) is 2. The minimum Gasteiger partial charge on any atom is -0.385 e. The summed E-state index contributed by atoms with van der Waals surface area (Å²) in [5.41, 5.74) is 3.85. The minimum absolute atomic E-state index is 1.08. The molecular weight excluding hydrogens is 196 g/mol. The van der Waals surface area contributed by atoms with Crippen LogP contribution in [0.4, 0.5) is 11.4 Å². The Morgan fingerprint density at radius 2 is 1.94 bits per heavy atom. The van der Waals surface area contributed by atoms with Crippen molar-refractivity contribution in [2.45, 2.75) is 33.1 Å². The molecule has 1 rings (SSSR count). The highest BCUT2D eigenvalue weighted by Gasteiger charge is 2.00. The van der Waals surface area contributed by atoms with Gasteiger partial charge in [-0.3, -0.25) is 0 Å². The first kappa shape index (κ1) is 12.9. The zero-order valence-electron chi connectivity index (χ0n) is 11.0. The van der Waals surface area contributed by atoms with Crippen LogP contribution in [-0.4, -0.2) is 20.6 Å². The largest absolute Gasteiger partial charge is 0.385 e. The average Bonchev–Trinajstić information content (AvgIpc) is 2.26. The molecule has 0 aromatic heterocycles. The van der Waals surface area contributed by atoms with E-state index < -0.39 is 0 Å². The highest BCUT2D eigenvalue weighted by Crippen LogP contribution is 2.21. The van der Waals surface area contributed by atoms with Gasteiger partial charge in [0.15, 0.2) is 0 Å². The van der Waals surface area contributed by atoms with Crippen LogP contribution in [0.25, 0.3) is 0 Å². The maximum Gasteiger partial charge on any atom is 0.0371 e. The van der Waals surface area contributed by atoms with E-state index in [0.29, 0.717) is 0 Å². The van der Waals surface area contributed by atoms with Crippen molar-refractivity contribution in [1.29, 1.82) is 0 Å². The first-order valence-electron chi connectivity index (χ1n) is 6.17. The van der Waals surface area contributed by atoms with Crippen molar-refractivity contribution in [3.05, 3.63) is 23.8 Å². The van der Waals surface area contributed by atoms with Crippen LogP contribution in [-0.2, 0) is 0 Å². The summed E-state index contributed by atoms with van der Waals surface area (Å²) in [6.45, 7) is 5.47. The number of hydrogen-bond acceptors (Lipinski definition) is 2. The fraction of sp³-hybridized carbons (Fsp3) is 0.571. The van der Waals surface area contributed by atoms with Gasteiger partial charge in [0.05, 0.1) is 0 Å². The predicted molar refractivity (Wildman–Crippen MR) is 73.5 cm³/mol. The topological polar surface area (TPSA) is 15.3 Å².